The molecule has 3 aromatic rings. The molecule has 1 aliphatic heterocycles. The van der Waals surface area contributed by atoms with E-state index in [4.69, 9.17) is 44.7 Å². The molecule has 1 aromatic heterocycles. The van der Waals surface area contributed by atoms with E-state index in [9.17, 15) is 42.7 Å². The maximum Gasteiger partial charge on any atom is 0.490 e. The van der Waals surface area contributed by atoms with E-state index in [2.05, 4.69) is 30.8 Å². The first-order valence-electron chi connectivity index (χ1n) is 19.5. The number of nitrogens with zero attached hydrogens (tertiary/aromatic N) is 2. The highest BCUT2D eigenvalue weighted by Gasteiger charge is 2.44. The van der Waals surface area contributed by atoms with Crippen LogP contribution in [0.5, 0.6) is 0 Å². The summed E-state index contributed by atoms with van der Waals surface area (Å²) in [6, 6.07) is 13.7. The second kappa shape index (κ2) is 26.7. The topological polar surface area (TPSA) is 347 Å². The van der Waals surface area contributed by atoms with Gasteiger partial charge in [0.1, 0.15) is 37.5 Å². The Morgan fingerprint density at radius 3 is 2.24 bits per heavy atom. The molecule has 4 rings (SSSR count). The van der Waals surface area contributed by atoms with Crippen LogP contribution in [-0.4, -0.2) is 111 Å². The van der Waals surface area contributed by atoms with Gasteiger partial charge in [0.05, 0.1) is 36.4 Å². The second-order valence-electron chi connectivity index (χ2n) is 13.6. The van der Waals surface area contributed by atoms with Gasteiger partial charge in [-0.2, -0.15) is 13.6 Å². The zero-order valence-electron chi connectivity index (χ0n) is 35.8. The molecule has 7 atom stereocenters. The Morgan fingerprint density at radius 1 is 0.955 bits per heavy atom. The molecule has 0 radical (unpaired) electrons. The summed E-state index contributed by atoms with van der Waals surface area (Å²) in [6.07, 6.45) is -1.43. The largest absolute Gasteiger partial charge is 0.490 e. The maximum atomic E-state index is 13.6. The Balaban J connectivity index is 1.39. The van der Waals surface area contributed by atoms with Crippen molar-refractivity contribution in [3.63, 3.8) is 0 Å². The fourth-order valence-corrected chi connectivity index (χ4v) is 12.9. The number of benzene rings is 2. The number of ether oxygens (including phenoxy) is 4. The van der Waals surface area contributed by atoms with E-state index in [1.54, 1.807) is 51.9 Å². The zero-order valence-corrected chi connectivity index (χ0v) is 41.7. The Morgan fingerprint density at radius 2 is 1.60 bits per heavy atom. The molecule has 0 bridgehead atoms. The Kier molecular flexibility index (Phi) is 22.4. The van der Waals surface area contributed by atoms with Crippen LogP contribution in [0.15, 0.2) is 59.5 Å². The Labute approximate surface area is 400 Å². The lowest BCUT2D eigenvalue weighted by molar-refractivity contribution is -0.125. The third-order valence-electron chi connectivity index (χ3n) is 8.73. The minimum atomic E-state index is -5.87. The molecule has 0 spiro atoms. The van der Waals surface area contributed by atoms with Gasteiger partial charge in [0.25, 0.3) is 0 Å². The van der Waals surface area contributed by atoms with Crippen LogP contribution in [0, 0.1) is 11.8 Å². The first kappa shape index (κ1) is 56.4. The Bertz CT molecular complexity index is 2470. The average molecular weight is 1070 g/mol. The molecule has 30 heteroatoms. The molecule has 0 aliphatic carbocycles. The van der Waals surface area contributed by atoms with Crippen LogP contribution >= 0.6 is 66.6 Å². The number of rotatable bonds is 25. The number of nitrogens with two attached hydrogens (primary N) is 2. The molecule has 23 nitrogen and oxygen atoms in total. The SMILES string of the molecule is CSSC(C)c1ccccc1C(=O)OC1C[C@H](n2cc(C#CCNC(=O)COCCOC(=O)c3ccccc3C(C)SSCCN)c(N)nc2=O)O[C@@H]1COP(=O)(O)OP(=O)(O)OP(=O)(O)O. The number of esters is 2. The number of phosphoric ester groups is 1. The third-order valence-corrected chi connectivity index (χ3v) is 17.6. The van der Waals surface area contributed by atoms with Gasteiger partial charge >= 0.3 is 41.1 Å². The number of carbonyl (C=O) groups excluding carboxylic acids is 3. The van der Waals surface area contributed by atoms with Crippen molar-refractivity contribution >= 4 is 90.3 Å². The molecule has 2 heterocycles. The van der Waals surface area contributed by atoms with Crippen molar-refractivity contribution in [2.24, 2.45) is 5.73 Å². The van der Waals surface area contributed by atoms with Crippen LogP contribution in [0.3, 0.4) is 0 Å². The summed E-state index contributed by atoms with van der Waals surface area (Å²) >= 11 is 0. The highest BCUT2D eigenvalue weighted by Crippen LogP contribution is 2.66. The molecule has 1 fully saturated rings. The summed E-state index contributed by atoms with van der Waals surface area (Å²) in [5.41, 5.74) is 12.6. The molecule has 5 unspecified atom stereocenters. The van der Waals surface area contributed by atoms with Gasteiger partial charge in [-0.25, -0.2) is 28.1 Å². The van der Waals surface area contributed by atoms with E-state index < -0.39 is 72.0 Å². The molecular formula is C37H48N5O18P3S4. The molecule has 9 N–H and O–H groups in total. The highest BCUT2D eigenvalue weighted by molar-refractivity contribution is 8.77. The third kappa shape index (κ3) is 18.6. The number of aromatic nitrogens is 2. The second-order valence-corrected chi connectivity index (χ2v) is 23.7. The Hall–Kier alpha value is -3.22. The molecule has 1 saturated heterocycles. The molecular weight excluding hydrogens is 1020 g/mol. The van der Waals surface area contributed by atoms with Crippen molar-refractivity contribution in [1.29, 1.82) is 0 Å². The number of anilines is 1. The smallest absolute Gasteiger partial charge is 0.460 e. The summed E-state index contributed by atoms with van der Waals surface area (Å²) in [5, 5.41) is 2.36. The van der Waals surface area contributed by atoms with Crippen molar-refractivity contribution in [1.82, 2.24) is 14.9 Å². The van der Waals surface area contributed by atoms with Crippen LogP contribution in [-0.2, 0) is 50.6 Å². The van der Waals surface area contributed by atoms with Crippen LogP contribution < -0.4 is 22.5 Å². The molecule has 368 valence electrons. The first-order chi connectivity index (χ1) is 31.6. The number of carbonyl (C=O) groups is 3. The van der Waals surface area contributed by atoms with Gasteiger partial charge in [-0.1, -0.05) is 91.4 Å². The standard InChI is InChI=1S/C37H48N5O18P3S4/c1-23(66-64-3)26-10-5-7-13-29(26)36(45)58-30-19-33(57-31(30)21-56-62(50,51)60-63(52,53)59-61(47,48)49)42-20-25(34(39)41-37(42)46)9-8-15-40-32(43)22-54-16-17-55-35(44)28-12-6-4-11-27(28)24(2)67-65-18-14-38/h4-7,10-13,20,23-24,30-31,33H,14-19,21-22,38H2,1-3H3,(H,40,43)(H,50,51)(H,52,53)(H2,39,41,46)(H2,47,48,49)/t23?,24?,30?,31-,33-/m1/s1. The predicted octanol–water partition coefficient (Wildman–Crippen LogP) is 4.50. The summed E-state index contributed by atoms with van der Waals surface area (Å²) in [7, 11) is -11.1. The van der Waals surface area contributed by atoms with Crippen molar-refractivity contribution in [3.05, 3.63) is 93.0 Å². The van der Waals surface area contributed by atoms with E-state index in [1.807, 2.05) is 32.2 Å². The molecule has 67 heavy (non-hydrogen) atoms. The van der Waals surface area contributed by atoms with E-state index in [-0.39, 0.29) is 60.2 Å². The number of hydrogen-bond donors (Lipinski definition) is 7. The van der Waals surface area contributed by atoms with E-state index in [1.165, 1.54) is 33.9 Å². The quantitative estimate of drug-likeness (QED) is 0.0202. The summed E-state index contributed by atoms with van der Waals surface area (Å²) < 4.78 is 71.3. The number of amides is 1. The van der Waals surface area contributed by atoms with E-state index in [0.29, 0.717) is 17.7 Å². The number of nitrogen functional groups attached to an aromatic ring is 1. The van der Waals surface area contributed by atoms with Crippen LogP contribution in [0.1, 0.15) is 74.4 Å². The van der Waals surface area contributed by atoms with Gasteiger partial charge < -0.3 is 55.3 Å². The fourth-order valence-electron chi connectivity index (χ4n) is 5.89. The van der Waals surface area contributed by atoms with Crippen LogP contribution in [0.25, 0.3) is 0 Å². The maximum absolute atomic E-state index is 13.6. The lowest BCUT2D eigenvalue weighted by Gasteiger charge is -2.22. The predicted molar refractivity (Wildman–Crippen MR) is 251 cm³/mol. The minimum absolute atomic E-state index is 0.00106. The van der Waals surface area contributed by atoms with Gasteiger partial charge in [-0.05, 0) is 43.4 Å². The van der Waals surface area contributed by atoms with Gasteiger partial charge in [-0.15, -0.1) is 0 Å². The number of phosphoric acid groups is 3. The number of hydrogen-bond acceptors (Lipinski definition) is 21. The van der Waals surface area contributed by atoms with E-state index in [0.717, 1.165) is 15.9 Å². The van der Waals surface area contributed by atoms with Crippen molar-refractivity contribution in [3.8, 4) is 11.8 Å². The van der Waals surface area contributed by atoms with E-state index >= 15 is 0 Å². The minimum Gasteiger partial charge on any atom is -0.460 e. The summed E-state index contributed by atoms with van der Waals surface area (Å²) in [5.74, 6) is 3.90. The lowest BCUT2D eigenvalue weighted by atomic mass is 10.0. The summed E-state index contributed by atoms with van der Waals surface area (Å²) in [6.45, 7) is 2.60. The average Bonchev–Trinajstić information content (AvgIpc) is 3.65. The van der Waals surface area contributed by atoms with Gasteiger partial charge in [0.15, 0.2) is 0 Å². The molecule has 2 aromatic carbocycles. The first-order valence-corrected chi connectivity index (χ1v) is 29.1. The van der Waals surface area contributed by atoms with Crippen LogP contribution in [0.4, 0.5) is 5.82 Å². The van der Waals surface area contributed by atoms with Gasteiger partial charge in [-0.3, -0.25) is 13.9 Å². The monoisotopic (exact) mass is 1070 g/mol. The summed E-state index contributed by atoms with van der Waals surface area (Å²) in [4.78, 5) is 93.2. The van der Waals surface area contributed by atoms with Gasteiger partial charge in [0, 0.05) is 35.4 Å². The molecule has 0 saturated carbocycles. The van der Waals surface area contributed by atoms with Crippen molar-refractivity contribution in [2.45, 2.75) is 49.2 Å². The molecule has 1 amide bonds. The van der Waals surface area contributed by atoms with Crippen LogP contribution in [0.2, 0.25) is 0 Å². The lowest BCUT2D eigenvalue weighted by Crippen LogP contribution is -2.31. The van der Waals surface area contributed by atoms with Gasteiger partial charge in [0.2, 0.25) is 5.91 Å². The highest BCUT2D eigenvalue weighted by atomic mass is 33.1. The molecule has 1 aliphatic rings. The fraction of sp³-hybridized carbons (Fsp3) is 0.432. The van der Waals surface area contributed by atoms with Crippen molar-refractivity contribution in [2.75, 3.05) is 57.3 Å². The zero-order chi connectivity index (χ0) is 49.4. The normalized spacial score (nSPS) is 18.7. The number of nitrogens with one attached hydrogen (secondary N) is 1. The van der Waals surface area contributed by atoms with Crippen molar-refractivity contribution < 1.29 is 79.7 Å².